The van der Waals surface area contributed by atoms with Crippen LogP contribution in [0.1, 0.15) is 0 Å². The summed E-state index contributed by atoms with van der Waals surface area (Å²) < 4.78 is 1.35. The third-order valence-electron chi connectivity index (χ3n) is 0.758. The SMILES string of the molecule is Cn1[nH][nH+]cc1=O. The summed E-state index contributed by atoms with van der Waals surface area (Å²) in [5.41, 5.74) is -0.0556. The molecule has 38 valence electrons. The van der Waals surface area contributed by atoms with E-state index >= 15 is 0 Å². The largest absolute Gasteiger partial charge is 0.392 e. The lowest BCUT2D eigenvalue weighted by Gasteiger charge is -1.67. The van der Waals surface area contributed by atoms with E-state index < -0.39 is 0 Å². The van der Waals surface area contributed by atoms with Crippen LogP contribution < -0.4 is 10.7 Å². The highest BCUT2D eigenvalue weighted by Crippen LogP contribution is 1.46. The molecule has 0 radical (unpaired) electrons. The van der Waals surface area contributed by atoms with Crippen LogP contribution in [0.4, 0.5) is 0 Å². The van der Waals surface area contributed by atoms with Gasteiger partial charge in [0.1, 0.15) is 7.05 Å². The molecule has 7 heavy (non-hydrogen) atoms. The Hall–Kier alpha value is -1.06. The molecule has 4 heteroatoms. The van der Waals surface area contributed by atoms with E-state index in [-0.39, 0.29) is 5.56 Å². The summed E-state index contributed by atoms with van der Waals surface area (Å²) in [4.78, 5) is 10.3. The first-order valence-electron chi connectivity index (χ1n) is 1.93. The molecule has 0 spiro atoms. The number of aryl methyl sites for hydroxylation is 1. The van der Waals surface area contributed by atoms with Gasteiger partial charge < -0.3 is 0 Å². The number of H-pyrrole nitrogens is 2. The van der Waals surface area contributed by atoms with Gasteiger partial charge in [-0.15, -0.1) is 9.90 Å². The first-order chi connectivity index (χ1) is 3.30. The number of hydrogen-bond acceptors (Lipinski definition) is 1. The second-order valence-corrected chi connectivity index (χ2v) is 1.30. The van der Waals surface area contributed by atoms with Crippen LogP contribution in [0.5, 0.6) is 0 Å². The van der Waals surface area contributed by atoms with Crippen LogP contribution in [0.3, 0.4) is 0 Å². The molecular formula is C3H6N3O+. The molecule has 0 aliphatic carbocycles. The third-order valence-corrected chi connectivity index (χ3v) is 0.758. The van der Waals surface area contributed by atoms with Gasteiger partial charge in [-0.1, -0.05) is 0 Å². The molecule has 0 fully saturated rings. The van der Waals surface area contributed by atoms with Crippen molar-refractivity contribution in [3.8, 4) is 0 Å². The van der Waals surface area contributed by atoms with Crippen molar-refractivity contribution in [1.82, 2.24) is 9.90 Å². The predicted molar refractivity (Wildman–Crippen MR) is 22.6 cm³/mol. The summed E-state index contributed by atoms with van der Waals surface area (Å²) in [5, 5.41) is 5.07. The Morgan fingerprint density at radius 2 is 2.71 bits per heavy atom. The average molecular weight is 100 g/mol. The lowest BCUT2D eigenvalue weighted by Crippen LogP contribution is -2.10. The van der Waals surface area contributed by atoms with E-state index in [1.807, 2.05) is 0 Å². The van der Waals surface area contributed by atoms with Gasteiger partial charge in [-0.2, -0.15) is 5.10 Å². The highest BCUT2D eigenvalue weighted by atomic mass is 16.1. The minimum Gasteiger partial charge on any atom is -0.235 e. The van der Waals surface area contributed by atoms with Crippen LogP contribution in [-0.2, 0) is 7.05 Å². The van der Waals surface area contributed by atoms with E-state index in [4.69, 9.17) is 0 Å². The number of aromatic nitrogens is 3. The molecule has 0 saturated heterocycles. The van der Waals surface area contributed by atoms with Crippen molar-refractivity contribution in [1.29, 1.82) is 0 Å². The topological polar surface area (TPSA) is 51.9 Å². The summed E-state index contributed by atoms with van der Waals surface area (Å²) in [5.74, 6) is 0. The summed E-state index contributed by atoms with van der Waals surface area (Å²) in [7, 11) is 1.64. The monoisotopic (exact) mass is 100 g/mol. The Labute approximate surface area is 39.8 Å². The second-order valence-electron chi connectivity index (χ2n) is 1.30. The molecule has 1 aromatic heterocycles. The molecule has 0 aromatic carbocycles. The van der Waals surface area contributed by atoms with Crippen LogP contribution >= 0.6 is 0 Å². The molecule has 1 heterocycles. The number of nitrogens with zero attached hydrogens (tertiary/aromatic N) is 1. The van der Waals surface area contributed by atoms with Crippen LogP contribution in [0.15, 0.2) is 11.0 Å². The second kappa shape index (κ2) is 1.22. The number of rotatable bonds is 0. The fourth-order valence-corrected chi connectivity index (χ4v) is 0.343. The van der Waals surface area contributed by atoms with Crippen molar-refractivity contribution in [3.63, 3.8) is 0 Å². The van der Waals surface area contributed by atoms with Crippen molar-refractivity contribution in [2.24, 2.45) is 7.05 Å². The van der Waals surface area contributed by atoms with Gasteiger partial charge >= 0.3 is 5.56 Å². The van der Waals surface area contributed by atoms with E-state index in [1.54, 1.807) is 7.05 Å². The van der Waals surface area contributed by atoms with Gasteiger partial charge in [-0.05, 0) is 0 Å². The number of aromatic amines is 2. The van der Waals surface area contributed by atoms with E-state index in [0.717, 1.165) is 0 Å². The molecule has 1 rings (SSSR count). The van der Waals surface area contributed by atoms with E-state index in [0.29, 0.717) is 0 Å². The first kappa shape index (κ1) is 4.11. The Bertz CT molecular complexity index is 198. The fraction of sp³-hybridized carbons (Fsp3) is 0.333. The molecule has 1 aromatic rings. The first-order valence-corrected chi connectivity index (χ1v) is 1.93. The van der Waals surface area contributed by atoms with Crippen molar-refractivity contribution in [2.75, 3.05) is 0 Å². The molecule has 0 aliphatic heterocycles. The Morgan fingerprint density at radius 3 is 2.86 bits per heavy atom. The van der Waals surface area contributed by atoms with Gasteiger partial charge in [0.2, 0.25) is 0 Å². The summed E-state index contributed by atoms with van der Waals surface area (Å²) in [6.07, 6.45) is 1.35. The lowest BCUT2D eigenvalue weighted by molar-refractivity contribution is -0.458. The maximum atomic E-state index is 10.3. The molecular weight excluding hydrogens is 94.1 g/mol. The van der Waals surface area contributed by atoms with Crippen molar-refractivity contribution < 1.29 is 5.10 Å². The van der Waals surface area contributed by atoms with Gasteiger partial charge in [-0.25, -0.2) is 4.79 Å². The Kier molecular flexibility index (Phi) is 0.714. The molecule has 0 saturated carbocycles. The molecule has 0 atom stereocenters. The fourth-order valence-electron chi connectivity index (χ4n) is 0.343. The third kappa shape index (κ3) is 0.534. The van der Waals surface area contributed by atoms with Crippen molar-refractivity contribution in [3.05, 3.63) is 16.6 Å². The zero-order valence-electron chi connectivity index (χ0n) is 3.93. The molecule has 0 aliphatic rings. The summed E-state index contributed by atoms with van der Waals surface area (Å²) >= 11 is 0. The van der Waals surface area contributed by atoms with Gasteiger partial charge in [-0.3, -0.25) is 0 Å². The lowest BCUT2D eigenvalue weighted by atomic mass is 10.9. The maximum absolute atomic E-state index is 10.3. The standard InChI is InChI=1S/C3H5N3O/c1-6-3(7)2-4-5-6/h2,5H,1H3/p+1. The van der Waals surface area contributed by atoms with Gasteiger partial charge in [0, 0.05) is 0 Å². The van der Waals surface area contributed by atoms with Gasteiger partial charge in [0.05, 0.1) is 0 Å². The minimum absolute atomic E-state index is 0.0556. The van der Waals surface area contributed by atoms with Crippen LogP contribution in [0, 0.1) is 0 Å². The van der Waals surface area contributed by atoms with E-state index in [1.165, 1.54) is 10.9 Å². The average Bonchev–Trinajstić information content (AvgIpc) is 1.91. The van der Waals surface area contributed by atoms with Crippen LogP contribution in [-0.4, -0.2) is 9.90 Å². The molecule has 0 bridgehead atoms. The highest BCUT2D eigenvalue weighted by molar-refractivity contribution is 4.57. The smallest absolute Gasteiger partial charge is 0.235 e. The quantitative estimate of drug-likeness (QED) is 0.425. The molecule has 2 N–H and O–H groups in total. The zero-order valence-corrected chi connectivity index (χ0v) is 3.93. The van der Waals surface area contributed by atoms with Crippen molar-refractivity contribution in [2.45, 2.75) is 0 Å². The van der Waals surface area contributed by atoms with E-state index in [2.05, 4.69) is 10.3 Å². The summed E-state index contributed by atoms with van der Waals surface area (Å²) in [6.45, 7) is 0. The predicted octanol–water partition coefficient (Wildman–Crippen LogP) is -1.47. The van der Waals surface area contributed by atoms with Crippen molar-refractivity contribution >= 4 is 0 Å². The normalized spacial score (nSPS) is 9.29. The number of nitrogens with one attached hydrogen (secondary N) is 2. The Balaban J connectivity index is 3.39. The Morgan fingerprint density at radius 1 is 2.00 bits per heavy atom. The van der Waals surface area contributed by atoms with Crippen LogP contribution in [0.2, 0.25) is 0 Å². The number of hydrogen-bond donors (Lipinski definition) is 1. The van der Waals surface area contributed by atoms with Gasteiger partial charge in [0.15, 0.2) is 6.20 Å². The molecule has 0 amide bonds. The van der Waals surface area contributed by atoms with Crippen LogP contribution in [0.25, 0.3) is 0 Å². The minimum atomic E-state index is -0.0556. The molecule has 4 nitrogen and oxygen atoms in total. The zero-order chi connectivity index (χ0) is 5.28. The maximum Gasteiger partial charge on any atom is 0.392 e. The summed E-state index contributed by atoms with van der Waals surface area (Å²) in [6, 6.07) is 0. The highest BCUT2D eigenvalue weighted by Gasteiger charge is 1.91. The van der Waals surface area contributed by atoms with E-state index in [9.17, 15) is 4.79 Å². The molecule has 0 unspecified atom stereocenters. The van der Waals surface area contributed by atoms with Gasteiger partial charge in [0.25, 0.3) is 0 Å².